The molecule has 1 atom stereocenters. The highest BCUT2D eigenvalue weighted by molar-refractivity contribution is 6.36. The molecule has 0 aromatic heterocycles. The van der Waals surface area contributed by atoms with Gasteiger partial charge in [-0.2, -0.15) is 0 Å². The Balaban J connectivity index is 1.53. The van der Waals surface area contributed by atoms with E-state index < -0.39 is 36.1 Å². The molecule has 7 nitrogen and oxygen atoms in total. The molecule has 1 heterocycles. The number of hydrazine groups is 1. The number of nitrogens with one attached hydrogen (secondary N) is 1. The molecule has 2 aromatic rings. The Kier molecular flexibility index (Phi) is 6.51. The zero-order valence-corrected chi connectivity index (χ0v) is 16.6. The van der Waals surface area contributed by atoms with E-state index in [1.807, 2.05) is 0 Å². The highest BCUT2D eigenvalue weighted by atomic mass is 35.5. The molecule has 1 aliphatic rings. The van der Waals surface area contributed by atoms with Gasteiger partial charge in [0.2, 0.25) is 11.7 Å². The fourth-order valence-corrected chi connectivity index (χ4v) is 3.31. The fraction of sp³-hybridized carbons (Fsp3) is 0.200. The normalized spacial score (nSPS) is 15.9. The van der Waals surface area contributed by atoms with Crippen LogP contribution in [-0.4, -0.2) is 41.7 Å². The highest BCUT2D eigenvalue weighted by Crippen LogP contribution is 2.22. The molecule has 0 saturated carbocycles. The van der Waals surface area contributed by atoms with Gasteiger partial charge in [-0.25, -0.2) is 0 Å². The second-order valence-electron chi connectivity index (χ2n) is 6.37. The number of Topliss-reactive ketones (excluding diaryl/α,β-unsaturated/α-hetero) is 1. The van der Waals surface area contributed by atoms with E-state index >= 15 is 0 Å². The molecule has 0 radical (unpaired) electrons. The third-order valence-electron chi connectivity index (χ3n) is 4.31. The predicted octanol–water partition coefficient (Wildman–Crippen LogP) is 2.91. The average Bonchev–Trinajstić information content (AvgIpc) is 3.07. The van der Waals surface area contributed by atoms with Crippen LogP contribution in [0.4, 0.5) is 0 Å². The molecule has 0 unspecified atom stereocenters. The first-order chi connectivity index (χ1) is 13.8. The molecule has 0 bridgehead atoms. The van der Waals surface area contributed by atoms with Crippen molar-refractivity contribution in [3.05, 3.63) is 69.7 Å². The number of nitrogens with zero attached hydrogens (tertiary/aromatic N) is 1. The molecule has 1 fully saturated rings. The smallest absolute Gasteiger partial charge is 0.311 e. The number of hydrogen-bond acceptors (Lipinski definition) is 5. The van der Waals surface area contributed by atoms with Crippen LogP contribution >= 0.6 is 23.2 Å². The topological polar surface area (TPSA) is 92.8 Å². The Bertz CT molecular complexity index is 965. The third kappa shape index (κ3) is 5.13. The van der Waals surface area contributed by atoms with Crippen LogP contribution in [0, 0.1) is 5.92 Å². The molecule has 29 heavy (non-hydrogen) atoms. The molecular weight excluding hydrogens is 419 g/mol. The SMILES string of the molecule is O=C(NN1C[C@H](C(=O)OCC(=O)c2ccc(Cl)cc2Cl)CC1=O)c1ccccc1. The van der Waals surface area contributed by atoms with Gasteiger partial charge in [0.25, 0.3) is 5.91 Å². The maximum absolute atomic E-state index is 12.2. The van der Waals surface area contributed by atoms with Crippen LogP contribution in [-0.2, 0) is 14.3 Å². The maximum Gasteiger partial charge on any atom is 0.311 e. The Morgan fingerprint density at radius 1 is 1.10 bits per heavy atom. The quantitative estimate of drug-likeness (QED) is 0.557. The van der Waals surface area contributed by atoms with Gasteiger partial charge >= 0.3 is 5.97 Å². The molecule has 0 aliphatic carbocycles. The van der Waals surface area contributed by atoms with E-state index in [0.29, 0.717) is 10.6 Å². The van der Waals surface area contributed by atoms with E-state index in [-0.39, 0.29) is 23.6 Å². The molecule has 9 heteroatoms. The molecule has 0 spiro atoms. The summed E-state index contributed by atoms with van der Waals surface area (Å²) in [7, 11) is 0. The summed E-state index contributed by atoms with van der Waals surface area (Å²) in [5, 5.41) is 1.62. The number of ketones is 1. The van der Waals surface area contributed by atoms with E-state index in [1.54, 1.807) is 30.3 Å². The number of amides is 2. The summed E-state index contributed by atoms with van der Waals surface area (Å²) in [5.74, 6) is -2.84. The van der Waals surface area contributed by atoms with Crippen molar-refractivity contribution in [1.29, 1.82) is 0 Å². The Morgan fingerprint density at radius 2 is 1.83 bits per heavy atom. The van der Waals surface area contributed by atoms with Gasteiger partial charge in [0, 0.05) is 22.6 Å². The molecule has 2 aromatic carbocycles. The minimum atomic E-state index is -0.785. The number of carbonyl (C=O) groups excluding carboxylic acids is 4. The summed E-state index contributed by atoms with van der Waals surface area (Å²) < 4.78 is 5.04. The van der Waals surface area contributed by atoms with E-state index in [9.17, 15) is 19.2 Å². The number of carbonyl (C=O) groups is 4. The van der Waals surface area contributed by atoms with Crippen molar-refractivity contribution >= 4 is 46.8 Å². The van der Waals surface area contributed by atoms with E-state index in [4.69, 9.17) is 27.9 Å². The van der Waals surface area contributed by atoms with Crippen molar-refractivity contribution in [3.8, 4) is 0 Å². The fourth-order valence-electron chi connectivity index (χ4n) is 2.80. The third-order valence-corrected chi connectivity index (χ3v) is 4.86. The average molecular weight is 435 g/mol. The van der Waals surface area contributed by atoms with Gasteiger partial charge in [0.15, 0.2) is 6.61 Å². The monoisotopic (exact) mass is 434 g/mol. The van der Waals surface area contributed by atoms with Crippen LogP contribution in [0.25, 0.3) is 0 Å². The van der Waals surface area contributed by atoms with Crippen molar-refractivity contribution in [2.75, 3.05) is 13.2 Å². The zero-order chi connectivity index (χ0) is 21.0. The van der Waals surface area contributed by atoms with Gasteiger partial charge < -0.3 is 4.74 Å². The standard InChI is InChI=1S/C20H16Cl2N2O5/c21-14-6-7-15(16(22)9-14)17(25)11-29-20(28)13-8-18(26)24(10-13)23-19(27)12-4-2-1-3-5-12/h1-7,9,13H,8,10-11H2,(H,23,27)/t13-/m1/s1. The minimum absolute atomic E-state index is 0.0356. The van der Waals surface area contributed by atoms with Gasteiger partial charge in [0.1, 0.15) is 0 Å². The predicted molar refractivity (Wildman–Crippen MR) is 105 cm³/mol. The van der Waals surface area contributed by atoms with Gasteiger partial charge in [0.05, 0.1) is 17.5 Å². The highest BCUT2D eigenvalue weighted by Gasteiger charge is 2.36. The molecular formula is C20H16Cl2N2O5. The van der Waals surface area contributed by atoms with Crippen molar-refractivity contribution in [2.24, 2.45) is 5.92 Å². The number of benzene rings is 2. The number of halogens is 2. The largest absolute Gasteiger partial charge is 0.457 e. The lowest BCUT2D eigenvalue weighted by Gasteiger charge is -2.17. The minimum Gasteiger partial charge on any atom is -0.457 e. The summed E-state index contributed by atoms with van der Waals surface area (Å²) in [6.07, 6.45) is -0.121. The molecule has 2 amide bonds. The van der Waals surface area contributed by atoms with E-state index in [1.165, 1.54) is 18.2 Å². The van der Waals surface area contributed by atoms with Gasteiger partial charge in [-0.1, -0.05) is 41.4 Å². The Labute approximate surface area is 176 Å². The van der Waals surface area contributed by atoms with Gasteiger partial charge in [-0.05, 0) is 30.3 Å². The first-order valence-electron chi connectivity index (χ1n) is 8.66. The Hall–Kier alpha value is -2.90. The second kappa shape index (κ2) is 9.07. The molecule has 3 rings (SSSR count). The lowest BCUT2D eigenvalue weighted by atomic mass is 10.1. The first-order valence-corrected chi connectivity index (χ1v) is 9.42. The summed E-state index contributed by atoms with van der Waals surface area (Å²) in [6, 6.07) is 12.7. The molecule has 150 valence electrons. The van der Waals surface area contributed by atoms with Gasteiger partial charge in [-0.15, -0.1) is 0 Å². The maximum atomic E-state index is 12.2. The zero-order valence-electron chi connectivity index (χ0n) is 15.1. The van der Waals surface area contributed by atoms with Crippen LogP contribution in [0.5, 0.6) is 0 Å². The van der Waals surface area contributed by atoms with Crippen LogP contribution in [0.1, 0.15) is 27.1 Å². The summed E-state index contributed by atoms with van der Waals surface area (Å²) in [5.41, 5.74) is 3.04. The van der Waals surface area contributed by atoms with Gasteiger partial charge in [-0.3, -0.25) is 29.6 Å². The molecule has 1 saturated heterocycles. The number of esters is 1. The summed E-state index contributed by atoms with van der Waals surface area (Å²) >= 11 is 11.8. The van der Waals surface area contributed by atoms with Crippen LogP contribution < -0.4 is 5.43 Å². The number of hydrogen-bond donors (Lipinski definition) is 1. The molecule has 1 aliphatic heterocycles. The lowest BCUT2D eigenvalue weighted by Crippen LogP contribution is -2.43. The number of ether oxygens (including phenoxy) is 1. The van der Waals surface area contributed by atoms with Crippen molar-refractivity contribution in [1.82, 2.24) is 10.4 Å². The molecule has 1 N–H and O–H groups in total. The van der Waals surface area contributed by atoms with E-state index in [2.05, 4.69) is 5.43 Å². The first kappa shape index (κ1) is 20.8. The van der Waals surface area contributed by atoms with Crippen molar-refractivity contribution in [2.45, 2.75) is 6.42 Å². The van der Waals surface area contributed by atoms with Crippen molar-refractivity contribution in [3.63, 3.8) is 0 Å². The van der Waals surface area contributed by atoms with Crippen molar-refractivity contribution < 1.29 is 23.9 Å². The van der Waals surface area contributed by atoms with Crippen LogP contribution in [0.15, 0.2) is 48.5 Å². The lowest BCUT2D eigenvalue weighted by molar-refractivity contribution is -0.147. The van der Waals surface area contributed by atoms with E-state index in [0.717, 1.165) is 5.01 Å². The second-order valence-corrected chi connectivity index (χ2v) is 7.21. The summed E-state index contributed by atoms with van der Waals surface area (Å²) in [6.45, 7) is -0.548. The Morgan fingerprint density at radius 3 is 2.52 bits per heavy atom. The number of rotatable bonds is 6. The van der Waals surface area contributed by atoms with Crippen LogP contribution in [0.2, 0.25) is 10.0 Å². The summed E-state index contributed by atoms with van der Waals surface area (Å²) in [4.78, 5) is 48.7. The van der Waals surface area contributed by atoms with Crippen LogP contribution in [0.3, 0.4) is 0 Å².